The Labute approximate surface area is 140 Å². The Morgan fingerprint density at radius 1 is 1.08 bits per heavy atom. The molecule has 2 N–H and O–H groups in total. The van der Waals surface area contributed by atoms with Crippen molar-refractivity contribution in [3.05, 3.63) is 65.0 Å². The molecule has 0 saturated carbocycles. The summed E-state index contributed by atoms with van der Waals surface area (Å²) in [4.78, 5) is 23.5. The van der Waals surface area contributed by atoms with Gasteiger partial charge in [-0.25, -0.2) is 4.39 Å². The van der Waals surface area contributed by atoms with Gasteiger partial charge in [-0.1, -0.05) is 29.3 Å². The van der Waals surface area contributed by atoms with Crippen molar-refractivity contribution in [3.63, 3.8) is 0 Å². The minimum atomic E-state index is -1.01. The van der Waals surface area contributed by atoms with Crippen molar-refractivity contribution in [2.75, 3.05) is 5.32 Å². The van der Waals surface area contributed by atoms with E-state index in [-0.39, 0.29) is 12.8 Å². The summed E-state index contributed by atoms with van der Waals surface area (Å²) in [5, 5.41) is 12.0. The molecular weight excluding hydrogens is 309 g/mol. The van der Waals surface area contributed by atoms with E-state index in [2.05, 4.69) is 5.32 Å². The van der Waals surface area contributed by atoms with Crippen molar-refractivity contribution in [2.24, 2.45) is 5.92 Å². The summed E-state index contributed by atoms with van der Waals surface area (Å²) in [6.07, 6.45) is 0.147. The van der Waals surface area contributed by atoms with Gasteiger partial charge >= 0.3 is 5.97 Å². The number of rotatable bonds is 6. The normalized spacial score (nSPS) is 11.8. The van der Waals surface area contributed by atoms with E-state index in [0.717, 1.165) is 16.7 Å². The molecule has 0 radical (unpaired) electrons. The number of hydrogen-bond donors (Lipinski definition) is 2. The fourth-order valence-corrected chi connectivity index (χ4v) is 2.69. The lowest BCUT2D eigenvalue weighted by molar-refractivity contribution is -0.143. The van der Waals surface area contributed by atoms with Crippen LogP contribution in [0, 0.1) is 25.6 Å². The van der Waals surface area contributed by atoms with Crippen LogP contribution in [0.3, 0.4) is 0 Å². The van der Waals surface area contributed by atoms with Crippen LogP contribution in [-0.2, 0) is 16.0 Å². The molecule has 0 bridgehead atoms. The maximum absolute atomic E-state index is 12.9. The van der Waals surface area contributed by atoms with Gasteiger partial charge in [-0.15, -0.1) is 0 Å². The van der Waals surface area contributed by atoms with Crippen molar-refractivity contribution in [3.8, 4) is 0 Å². The number of hydrogen-bond acceptors (Lipinski definition) is 2. The second-order valence-electron chi connectivity index (χ2n) is 5.99. The molecule has 0 spiro atoms. The first kappa shape index (κ1) is 17.7. The predicted octanol–water partition coefficient (Wildman–Crippen LogP) is 3.71. The van der Waals surface area contributed by atoms with Crippen molar-refractivity contribution in [2.45, 2.75) is 26.7 Å². The minimum absolute atomic E-state index is 0.139. The van der Waals surface area contributed by atoms with Crippen LogP contribution in [0.4, 0.5) is 10.1 Å². The molecule has 24 heavy (non-hydrogen) atoms. The Balaban J connectivity index is 2.03. The number of aryl methyl sites for hydroxylation is 2. The number of anilines is 1. The summed E-state index contributed by atoms with van der Waals surface area (Å²) in [6, 6.07) is 11.2. The number of carboxylic acid groups (broad SMARTS) is 1. The summed E-state index contributed by atoms with van der Waals surface area (Å²) >= 11 is 0. The summed E-state index contributed by atoms with van der Waals surface area (Å²) in [5.74, 6) is -2.63. The van der Waals surface area contributed by atoms with Gasteiger partial charge in [-0.05, 0) is 50.1 Å². The van der Waals surface area contributed by atoms with Gasteiger partial charge in [0.05, 0.1) is 5.92 Å². The lowest BCUT2D eigenvalue weighted by atomic mass is 9.94. The van der Waals surface area contributed by atoms with Crippen molar-refractivity contribution >= 4 is 17.6 Å². The van der Waals surface area contributed by atoms with Crippen molar-refractivity contribution in [1.29, 1.82) is 0 Å². The van der Waals surface area contributed by atoms with Gasteiger partial charge in [-0.2, -0.15) is 0 Å². The van der Waals surface area contributed by atoms with Crippen molar-refractivity contribution < 1.29 is 19.1 Å². The molecule has 0 aliphatic carbocycles. The number of carbonyl (C=O) groups excluding carboxylic acids is 1. The topological polar surface area (TPSA) is 66.4 Å². The highest BCUT2D eigenvalue weighted by atomic mass is 19.1. The molecular formula is C19H20FNO3. The molecule has 0 aliphatic rings. The standard InChI is InChI=1S/C19H20FNO3/c1-12-7-13(2)9-14(8-12)10-15(19(23)24)11-18(22)21-17-5-3-16(20)4-6-17/h3-9,15H,10-11H2,1-2H3,(H,21,22)(H,23,24)/t15-/m0/s1. The number of carboxylic acids is 1. The molecule has 2 aromatic rings. The third kappa shape index (κ3) is 5.19. The SMILES string of the molecule is Cc1cc(C)cc(C[C@@H](CC(=O)Nc2ccc(F)cc2)C(=O)O)c1. The van der Waals surface area contributed by atoms with Gasteiger partial charge < -0.3 is 10.4 Å². The molecule has 0 saturated heterocycles. The first-order chi connectivity index (χ1) is 11.3. The molecule has 0 fully saturated rings. The number of amides is 1. The van der Waals surface area contributed by atoms with E-state index in [1.54, 1.807) is 0 Å². The number of nitrogens with one attached hydrogen (secondary N) is 1. The summed E-state index contributed by atoms with van der Waals surface area (Å²) in [6.45, 7) is 3.90. The third-order valence-electron chi connectivity index (χ3n) is 3.67. The summed E-state index contributed by atoms with van der Waals surface area (Å²) < 4.78 is 12.9. The Kier molecular flexibility index (Phi) is 5.68. The molecule has 2 rings (SSSR count). The molecule has 4 nitrogen and oxygen atoms in total. The fraction of sp³-hybridized carbons (Fsp3) is 0.263. The van der Waals surface area contributed by atoms with E-state index in [0.29, 0.717) is 5.69 Å². The van der Waals surface area contributed by atoms with Crippen LogP contribution in [0.5, 0.6) is 0 Å². The van der Waals surface area contributed by atoms with Crippen LogP contribution >= 0.6 is 0 Å². The van der Waals surface area contributed by atoms with Gasteiger partial charge in [0.1, 0.15) is 5.82 Å². The van der Waals surface area contributed by atoms with E-state index in [9.17, 15) is 19.1 Å². The highest BCUT2D eigenvalue weighted by molar-refractivity contribution is 5.93. The molecule has 0 heterocycles. The summed E-state index contributed by atoms with van der Waals surface area (Å²) in [7, 11) is 0. The number of benzene rings is 2. The second kappa shape index (κ2) is 7.73. The number of aliphatic carboxylic acids is 1. The monoisotopic (exact) mass is 329 g/mol. The van der Waals surface area contributed by atoms with E-state index in [1.165, 1.54) is 24.3 Å². The van der Waals surface area contributed by atoms with Gasteiger partial charge in [-0.3, -0.25) is 9.59 Å². The molecule has 2 aromatic carbocycles. The zero-order chi connectivity index (χ0) is 17.7. The largest absolute Gasteiger partial charge is 0.481 e. The average Bonchev–Trinajstić information content (AvgIpc) is 2.48. The predicted molar refractivity (Wildman–Crippen MR) is 90.4 cm³/mol. The molecule has 5 heteroatoms. The third-order valence-corrected chi connectivity index (χ3v) is 3.67. The van der Waals surface area contributed by atoms with Crippen LogP contribution in [0.2, 0.25) is 0 Å². The maximum Gasteiger partial charge on any atom is 0.307 e. The first-order valence-electron chi connectivity index (χ1n) is 7.69. The van der Waals surface area contributed by atoms with Gasteiger partial charge in [0.15, 0.2) is 0 Å². The average molecular weight is 329 g/mol. The Morgan fingerprint density at radius 2 is 1.67 bits per heavy atom. The van der Waals surface area contributed by atoms with E-state index in [4.69, 9.17) is 0 Å². The van der Waals surface area contributed by atoms with Crippen molar-refractivity contribution in [1.82, 2.24) is 0 Å². The van der Waals surface area contributed by atoms with Crippen LogP contribution in [0.1, 0.15) is 23.1 Å². The zero-order valence-electron chi connectivity index (χ0n) is 13.7. The summed E-state index contributed by atoms with van der Waals surface area (Å²) in [5.41, 5.74) is 3.46. The van der Waals surface area contributed by atoms with Gasteiger partial charge in [0.2, 0.25) is 5.91 Å². The van der Waals surface area contributed by atoms with Crippen LogP contribution < -0.4 is 5.32 Å². The fourth-order valence-electron chi connectivity index (χ4n) is 2.69. The molecule has 126 valence electrons. The highest BCUT2D eigenvalue weighted by Crippen LogP contribution is 2.17. The van der Waals surface area contributed by atoms with E-state index < -0.39 is 23.6 Å². The molecule has 0 aliphatic heterocycles. The smallest absolute Gasteiger partial charge is 0.307 e. The highest BCUT2D eigenvalue weighted by Gasteiger charge is 2.22. The van der Waals surface area contributed by atoms with E-state index >= 15 is 0 Å². The van der Waals surface area contributed by atoms with Crippen LogP contribution in [0.25, 0.3) is 0 Å². The lowest BCUT2D eigenvalue weighted by Gasteiger charge is -2.13. The molecule has 1 amide bonds. The molecule has 0 aromatic heterocycles. The molecule has 1 atom stereocenters. The van der Waals surface area contributed by atoms with Gasteiger partial charge in [0, 0.05) is 12.1 Å². The first-order valence-corrected chi connectivity index (χ1v) is 7.69. The lowest BCUT2D eigenvalue weighted by Crippen LogP contribution is -2.24. The quantitative estimate of drug-likeness (QED) is 0.849. The maximum atomic E-state index is 12.9. The zero-order valence-corrected chi connectivity index (χ0v) is 13.7. The Hall–Kier alpha value is -2.69. The Morgan fingerprint density at radius 3 is 2.21 bits per heavy atom. The van der Waals surface area contributed by atoms with Crippen LogP contribution in [-0.4, -0.2) is 17.0 Å². The molecule has 0 unspecified atom stereocenters. The second-order valence-corrected chi connectivity index (χ2v) is 5.99. The minimum Gasteiger partial charge on any atom is -0.481 e. The number of carbonyl (C=O) groups is 2. The van der Waals surface area contributed by atoms with Crippen LogP contribution in [0.15, 0.2) is 42.5 Å². The Bertz CT molecular complexity index is 721. The van der Waals surface area contributed by atoms with Gasteiger partial charge in [0.25, 0.3) is 0 Å². The number of halogens is 1. The van der Waals surface area contributed by atoms with E-state index in [1.807, 2.05) is 32.0 Å².